The first kappa shape index (κ1) is 10.3. The molecular weight excluding hydrogens is 262 g/mol. The first-order chi connectivity index (χ1) is 7.18. The molecule has 0 aromatic heterocycles. The van der Waals surface area contributed by atoms with Gasteiger partial charge in [-0.3, -0.25) is 0 Å². The molecule has 0 radical (unpaired) electrons. The summed E-state index contributed by atoms with van der Waals surface area (Å²) in [6, 6.07) is 5.61. The lowest BCUT2D eigenvalue weighted by atomic mass is 10.2. The molecule has 0 atom stereocenters. The van der Waals surface area contributed by atoms with Crippen molar-refractivity contribution in [2.24, 2.45) is 0 Å². The van der Waals surface area contributed by atoms with E-state index in [-0.39, 0.29) is 0 Å². The average molecular weight is 272 g/mol. The predicted molar refractivity (Wildman–Crippen MR) is 58.1 cm³/mol. The van der Waals surface area contributed by atoms with Crippen LogP contribution in [0.15, 0.2) is 22.7 Å². The molecule has 0 unspecified atom stereocenters. The lowest BCUT2D eigenvalue weighted by molar-refractivity contribution is 0.138. The van der Waals surface area contributed by atoms with Crippen LogP contribution in [0.1, 0.15) is 5.56 Å². The van der Waals surface area contributed by atoms with E-state index in [1.165, 1.54) is 4.90 Å². The van der Waals surface area contributed by atoms with Crippen LogP contribution in [0, 0.1) is 0 Å². The number of nitrogens with zero attached hydrogens (tertiary/aromatic N) is 1. The highest BCUT2D eigenvalue weighted by atomic mass is 79.9. The van der Waals surface area contributed by atoms with E-state index in [0.29, 0.717) is 19.7 Å². The molecule has 2 rings (SSSR count). The van der Waals surface area contributed by atoms with Crippen LogP contribution in [-0.2, 0) is 6.54 Å². The van der Waals surface area contributed by atoms with Gasteiger partial charge in [-0.25, -0.2) is 4.79 Å². The SMILES string of the molecule is O=C(O)N1CCOc2cccc(Br)c2C1. The zero-order chi connectivity index (χ0) is 10.8. The molecule has 0 aliphatic carbocycles. The second-order valence-electron chi connectivity index (χ2n) is 3.27. The molecule has 1 aliphatic rings. The molecule has 1 amide bonds. The molecule has 15 heavy (non-hydrogen) atoms. The normalized spacial score (nSPS) is 15.1. The van der Waals surface area contributed by atoms with Crippen LogP contribution in [0.3, 0.4) is 0 Å². The van der Waals surface area contributed by atoms with Crippen LogP contribution in [0.5, 0.6) is 5.75 Å². The number of ether oxygens (including phenoxy) is 1. The van der Waals surface area contributed by atoms with E-state index >= 15 is 0 Å². The summed E-state index contributed by atoms with van der Waals surface area (Å²) >= 11 is 3.39. The van der Waals surface area contributed by atoms with Gasteiger partial charge in [0.05, 0.1) is 13.1 Å². The van der Waals surface area contributed by atoms with Crippen molar-refractivity contribution in [3.8, 4) is 5.75 Å². The van der Waals surface area contributed by atoms with Crippen LogP contribution >= 0.6 is 15.9 Å². The molecule has 80 valence electrons. The van der Waals surface area contributed by atoms with E-state index in [1.807, 2.05) is 18.2 Å². The number of hydrogen-bond donors (Lipinski definition) is 1. The van der Waals surface area contributed by atoms with E-state index in [2.05, 4.69) is 15.9 Å². The molecule has 0 spiro atoms. The molecule has 0 saturated heterocycles. The number of fused-ring (bicyclic) bond motifs is 1. The molecule has 4 nitrogen and oxygen atoms in total. The first-order valence-corrected chi connectivity index (χ1v) is 5.36. The van der Waals surface area contributed by atoms with E-state index in [1.54, 1.807) is 0 Å². The standard InChI is InChI=1S/C10H10BrNO3/c11-8-2-1-3-9-7(8)6-12(10(13)14)4-5-15-9/h1-3H,4-6H2,(H,13,14). The fourth-order valence-corrected chi connectivity index (χ4v) is 2.00. The summed E-state index contributed by atoms with van der Waals surface area (Å²) in [6.07, 6.45) is -0.915. The number of benzene rings is 1. The number of amides is 1. The minimum atomic E-state index is -0.915. The molecule has 5 heteroatoms. The summed E-state index contributed by atoms with van der Waals surface area (Å²) in [6.45, 7) is 1.16. The average Bonchev–Trinajstić information content (AvgIpc) is 2.40. The number of halogens is 1. The van der Waals surface area contributed by atoms with Gasteiger partial charge in [0.25, 0.3) is 0 Å². The third-order valence-corrected chi connectivity index (χ3v) is 3.06. The highest BCUT2D eigenvalue weighted by Crippen LogP contribution is 2.29. The largest absolute Gasteiger partial charge is 0.491 e. The van der Waals surface area contributed by atoms with Crippen LogP contribution < -0.4 is 4.74 Å². The Morgan fingerprint density at radius 3 is 3.07 bits per heavy atom. The van der Waals surface area contributed by atoms with Gasteiger partial charge in [-0.1, -0.05) is 22.0 Å². The summed E-state index contributed by atoms with van der Waals surface area (Å²) in [5.74, 6) is 0.758. The lowest BCUT2D eigenvalue weighted by Gasteiger charge is -2.15. The van der Waals surface area contributed by atoms with Gasteiger partial charge in [0, 0.05) is 10.0 Å². The number of rotatable bonds is 0. The van der Waals surface area contributed by atoms with Crippen molar-refractivity contribution >= 4 is 22.0 Å². The maximum Gasteiger partial charge on any atom is 0.407 e. The monoisotopic (exact) mass is 271 g/mol. The summed E-state index contributed by atoms with van der Waals surface area (Å²) < 4.78 is 6.36. The second-order valence-corrected chi connectivity index (χ2v) is 4.12. The quantitative estimate of drug-likeness (QED) is 0.788. The molecule has 1 aromatic rings. The Bertz CT molecular complexity index is 394. The van der Waals surface area contributed by atoms with Gasteiger partial charge in [0.2, 0.25) is 0 Å². The van der Waals surface area contributed by atoms with Gasteiger partial charge in [-0.05, 0) is 12.1 Å². The molecule has 1 heterocycles. The Kier molecular flexibility index (Phi) is 2.81. The van der Waals surface area contributed by atoms with E-state index in [0.717, 1.165) is 15.8 Å². The minimum absolute atomic E-state index is 0.367. The van der Waals surface area contributed by atoms with Crippen molar-refractivity contribution in [2.45, 2.75) is 6.54 Å². The highest BCUT2D eigenvalue weighted by Gasteiger charge is 2.20. The Morgan fingerprint density at radius 2 is 2.33 bits per heavy atom. The maximum absolute atomic E-state index is 10.9. The van der Waals surface area contributed by atoms with Gasteiger partial charge in [-0.2, -0.15) is 0 Å². The number of carbonyl (C=O) groups is 1. The van der Waals surface area contributed by atoms with Crippen LogP contribution in [0.25, 0.3) is 0 Å². The van der Waals surface area contributed by atoms with Gasteiger partial charge < -0.3 is 14.7 Å². The number of carboxylic acid groups (broad SMARTS) is 1. The van der Waals surface area contributed by atoms with Crippen molar-refractivity contribution < 1.29 is 14.6 Å². The van der Waals surface area contributed by atoms with Crippen molar-refractivity contribution in [1.29, 1.82) is 0 Å². The lowest BCUT2D eigenvalue weighted by Crippen LogP contribution is -2.30. The van der Waals surface area contributed by atoms with E-state index in [4.69, 9.17) is 9.84 Å². The van der Waals surface area contributed by atoms with Crippen molar-refractivity contribution in [2.75, 3.05) is 13.2 Å². The van der Waals surface area contributed by atoms with E-state index in [9.17, 15) is 4.79 Å². The summed E-state index contributed by atoms with van der Waals surface area (Å²) in [7, 11) is 0. The van der Waals surface area contributed by atoms with Crippen molar-refractivity contribution in [1.82, 2.24) is 4.90 Å². The molecule has 1 aliphatic heterocycles. The van der Waals surface area contributed by atoms with Gasteiger partial charge in [0.15, 0.2) is 0 Å². The summed E-state index contributed by atoms with van der Waals surface area (Å²) in [5.41, 5.74) is 0.886. The van der Waals surface area contributed by atoms with Crippen LogP contribution in [-0.4, -0.2) is 29.3 Å². The molecule has 0 saturated carbocycles. The Morgan fingerprint density at radius 1 is 1.53 bits per heavy atom. The Labute approximate surface area is 95.6 Å². The predicted octanol–water partition coefficient (Wildman–Crippen LogP) is 2.32. The summed E-state index contributed by atoms with van der Waals surface area (Å²) in [4.78, 5) is 12.2. The number of hydrogen-bond acceptors (Lipinski definition) is 2. The topological polar surface area (TPSA) is 49.8 Å². The van der Waals surface area contributed by atoms with Crippen molar-refractivity contribution in [3.05, 3.63) is 28.2 Å². The zero-order valence-corrected chi connectivity index (χ0v) is 9.53. The van der Waals surface area contributed by atoms with Crippen LogP contribution in [0.4, 0.5) is 4.79 Å². The minimum Gasteiger partial charge on any atom is -0.491 e. The third kappa shape index (κ3) is 2.07. The maximum atomic E-state index is 10.9. The smallest absolute Gasteiger partial charge is 0.407 e. The van der Waals surface area contributed by atoms with Gasteiger partial charge in [0.1, 0.15) is 12.4 Å². The molecular formula is C10H10BrNO3. The fraction of sp³-hybridized carbons (Fsp3) is 0.300. The summed E-state index contributed by atoms with van der Waals surface area (Å²) in [5, 5.41) is 8.93. The Balaban J connectivity index is 2.35. The molecule has 0 bridgehead atoms. The first-order valence-electron chi connectivity index (χ1n) is 4.56. The molecule has 1 N–H and O–H groups in total. The van der Waals surface area contributed by atoms with Crippen molar-refractivity contribution in [3.63, 3.8) is 0 Å². The van der Waals surface area contributed by atoms with Gasteiger partial charge >= 0.3 is 6.09 Å². The third-order valence-electron chi connectivity index (χ3n) is 2.31. The highest BCUT2D eigenvalue weighted by molar-refractivity contribution is 9.10. The Hall–Kier alpha value is -1.23. The fourth-order valence-electron chi connectivity index (χ4n) is 1.53. The molecule has 1 aromatic carbocycles. The van der Waals surface area contributed by atoms with Gasteiger partial charge in [-0.15, -0.1) is 0 Å². The van der Waals surface area contributed by atoms with Crippen LogP contribution in [0.2, 0.25) is 0 Å². The van der Waals surface area contributed by atoms with E-state index < -0.39 is 6.09 Å². The molecule has 0 fully saturated rings. The second kappa shape index (κ2) is 4.10. The zero-order valence-electron chi connectivity index (χ0n) is 7.94.